The molecule has 0 fully saturated rings. The van der Waals surface area contributed by atoms with Crippen LogP contribution in [0.4, 0.5) is 18.0 Å². The molecular formula is C13H24F3NO3. The maximum atomic E-state index is 12.0. The zero-order chi connectivity index (χ0) is 15.4. The van der Waals surface area contributed by atoms with Gasteiger partial charge in [-0.3, -0.25) is 0 Å². The largest absolute Gasteiger partial charge is 0.440 e. The lowest BCUT2D eigenvalue weighted by molar-refractivity contribution is -0.162. The number of nitrogens with zero attached hydrogens (tertiary/aromatic N) is 1. The van der Waals surface area contributed by atoms with Crippen LogP contribution < -0.4 is 0 Å². The Morgan fingerprint density at radius 1 is 1.10 bits per heavy atom. The average Bonchev–Trinajstić information content (AvgIpc) is 2.38. The van der Waals surface area contributed by atoms with Gasteiger partial charge in [-0.05, 0) is 12.8 Å². The summed E-state index contributed by atoms with van der Waals surface area (Å²) in [5.74, 6) is 0. The number of amides is 1. The van der Waals surface area contributed by atoms with E-state index in [9.17, 15) is 18.0 Å². The van der Waals surface area contributed by atoms with Crippen molar-refractivity contribution in [3.05, 3.63) is 0 Å². The van der Waals surface area contributed by atoms with Crippen LogP contribution in [0.5, 0.6) is 0 Å². The lowest BCUT2D eigenvalue weighted by Crippen LogP contribution is -2.36. The van der Waals surface area contributed by atoms with Crippen LogP contribution in [-0.4, -0.2) is 48.6 Å². The van der Waals surface area contributed by atoms with Crippen LogP contribution in [0, 0.1) is 0 Å². The van der Waals surface area contributed by atoms with Crippen molar-refractivity contribution < 1.29 is 27.8 Å². The maximum Gasteiger partial charge on any atom is 0.422 e. The molecule has 0 aliphatic carbocycles. The molecule has 0 aromatic carbocycles. The van der Waals surface area contributed by atoms with E-state index in [1.165, 1.54) is 4.90 Å². The number of aliphatic hydroxyl groups excluding tert-OH is 1. The first kappa shape index (κ1) is 19.0. The summed E-state index contributed by atoms with van der Waals surface area (Å²) >= 11 is 0. The van der Waals surface area contributed by atoms with Crippen LogP contribution in [0.2, 0.25) is 0 Å². The lowest BCUT2D eigenvalue weighted by atomic mass is 10.1. The molecule has 7 heteroatoms. The molecule has 0 rings (SSSR count). The van der Waals surface area contributed by atoms with Crippen molar-refractivity contribution in [1.82, 2.24) is 4.90 Å². The molecule has 20 heavy (non-hydrogen) atoms. The first-order chi connectivity index (χ1) is 9.40. The molecule has 4 nitrogen and oxygen atoms in total. The van der Waals surface area contributed by atoms with Gasteiger partial charge >= 0.3 is 12.3 Å². The summed E-state index contributed by atoms with van der Waals surface area (Å²) in [6, 6.07) is 0. The highest BCUT2D eigenvalue weighted by molar-refractivity contribution is 5.67. The van der Waals surface area contributed by atoms with Gasteiger partial charge in [-0.2, -0.15) is 13.2 Å². The number of alkyl halides is 3. The smallest absolute Gasteiger partial charge is 0.422 e. The Balaban J connectivity index is 4.07. The highest BCUT2D eigenvalue weighted by Crippen LogP contribution is 2.15. The van der Waals surface area contributed by atoms with E-state index >= 15 is 0 Å². The Morgan fingerprint density at radius 2 is 1.70 bits per heavy atom. The van der Waals surface area contributed by atoms with E-state index in [2.05, 4.69) is 11.7 Å². The maximum absolute atomic E-state index is 12.0. The Hall–Kier alpha value is -0.980. The quantitative estimate of drug-likeness (QED) is 0.629. The molecule has 0 bridgehead atoms. The molecule has 0 aromatic heterocycles. The van der Waals surface area contributed by atoms with Crippen molar-refractivity contribution >= 4 is 6.09 Å². The Kier molecular flexibility index (Phi) is 10.2. The van der Waals surface area contributed by atoms with Crippen molar-refractivity contribution in [2.24, 2.45) is 0 Å². The third-order valence-electron chi connectivity index (χ3n) is 2.74. The fourth-order valence-electron chi connectivity index (χ4n) is 1.70. The third kappa shape index (κ3) is 10.9. The fourth-order valence-corrected chi connectivity index (χ4v) is 1.70. The minimum Gasteiger partial charge on any atom is -0.440 e. The Bertz CT molecular complexity index is 260. The number of halogens is 3. The van der Waals surface area contributed by atoms with Crippen LogP contribution >= 0.6 is 0 Å². The van der Waals surface area contributed by atoms with Crippen molar-refractivity contribution in [2.75, 3.05) is 26.3 Å². The molecular weight excluding hydrogens is 275 g/mol. The van der Waals surface area contributed by atoms with Gasteiger partial charge in [0.1, 0.15) is 0 Å². The van der Waals surface area contributed by atoms with Gasteiger partial charge in [-0.25, -0.2) is 4.79 Å². The number of hydrogen-bond donors (Lipinski definition) is 1. The van der Waals surface area contributed by atoms with E-state index in [4.69, 9.17) is 5.11 Å². The SMILES string of the molecule is CCCCCCCN(CCCO)C(=O)OCC(F)(F)F. The molecule has 0 radical (unpaired) electrons. The predicted octanol–water partition coefficient (Wildman–Crippen LogP) is 3.34. The molecule has 120 valence electrons. The second-order valence-corrected chi connectivity index (χ2v) is 4.65. The van der Waals surface area contributed by atoms with E-state index in [0.29, 0.717) is 13.0 Å². The predicted molar refractivity (Wildman–Crippen MR) is 69.4 cm³/mol. The Labute approximate surface area is 117 Å². The summed E-state index contributed by atoms with van der Waals surface area (Å²) in [5, 5.41) is 8.74. The molecule has 0 saturated carbocycles. The molecule has 0 atom stereocenters. The topological polar surface area (TPSA) is 49.8 Å². The number of carbonyl (C=O) groups is 1. The van der Waals surface area contributed by atoms with Crippen LogP contribution in [0.1, 0.15) is 45.4 Å². The van der Waals surface area contributed by atoms with Crippen LogP contribution in [0.15, 0.2) is 0 Å². The van der Waals surface area contributed by atoms with Gasteiger partial charge in [0.25, 0.3) is 0 Å². The van der Waals surface area contributed by atoms with Gasteiger partial charge in [0.2, 0.25) is 0 Å². The second-order valence-electron chi connectivity index (χ2n) is 4.65. The van der Waals surface area contributed by atoms with Crippen LogP contribution in [-0.2, 0) is 4.74 Å². The number of hydrogen-bond acceptors (Lipinski definition) is 3. The average molecular weight is 299 g/mol. The summed E-state index contributed by atoms with van der Waals surface area (Å²) in [6.45, 7) is 0.972. The van der Waals surface area contributed by atoms with Crippen molar-refractivity contribution in [3.63, 3.8) is 0 Å². The van der Waals surface area contributed by atoms with Gasteiger partial charge in [-0.15, -0.1) is 0 Å². The zero-order valence-corrected chi connectivity index (χ0v) is 11.9. The molecule has 0 aliphatic rings. The van der Waals surface area contributed by atoms with Gasteiger partial charge in [0.05, 0.1) is 0 Å². The van der Waals surface area contributed by atoms with Gasteiger partial charge in [0, 0.05) is 19.7 Å². The summed E-state index contributed by atoms with van der Waals surface area (Å²) < 4.78 is 40.2. The first-order valence-electron chi connectivity index (χ1n) is 7.00. The van der Waals surface area contributed by atoms with Gasteiger partial charge in [0.15, 0.2) is 6.61 Å². The first-order valence-corrected chi connectivity index (χ1v) is 7.00. The normalized spacial score (nSPS) is 11.4. The number of rotatable bonds is 10. The highest BCUT2D eigenvalue weighted by Gasteiger charge is 2.30. The van der Waals surface area contributed by atoms with E-state index in [1.54, 1.807) is 0 Å². The van der Waals surface area contributed by atoms with Crippen molar-refractivity contribution in [1.29, 1.82) is 0 Å². The fraction of sp³-hybridized carbons (Fsp3) is 0.923. The number of aliphatic hydroxyl groups is 1. The van der Waals surface area contributed by atoms with Crippen LogP contribution in [0.3, 0.4) is 0 Å². The summed E-state index contributed by atoms with van der Waals surface area (Å²) in [5.41, 5.74) is 0. The summed E-state index contributed by atoms with van der Waals surface area (Å²) in [6.07, 6.45) is -0.247. The molecule has 0 spiro atoms. The number of unbranched alkanes of at least 4 members (excludes halogenated alkanes) is 4. The van der Waals surface area contributed by atoms with E-state index in [1.807, 2.05) is 0 Å². The van der Waals surface area contributed by atoms with Gasteiger partial charge in [-0.1, -0.05) is 32.6 Å². The van der Waals surface area contributed by atoms with E-state index in [-0.39, 0.29) is 13.2 Å². The zero-order valence-electron chi connectivity index (χ0n) is 11.9. The number of ether oxygens (including phenoxy) is 1. The van der Waals surface area contributed by atoms with Crippen LogP contribution in [0.25, 0.3) is 0 Å². The molecule has 0 aliphatic heterocycles. The van der Waals surface area contributed by atoms with Gasteiger partial charge < -0.3 is 14.7 Å². The monoisotopic (exact) mass is 299 g/mol. The van der Waals surface area contributed by atoms with E-state index < -0.39 is 18.9 Å². The highest BCUT2D eigenvalue weighted by atomic mass is 19.4. The lowest BCUT2D eigenvalue weighted by Gasteiger charge is -2.22. The molecule has 0 saturated heterocycles. The molecule has 0 unspecified atom stereocenters. The molecule has 1 amide bonds. The minimum absolute atomic E-state index is 0.112. The summed E-state index contributed by atoms with van der Waals surface area (Å²) in [4.78, 5) is 12.8. The molecule has 1 N–H and O–H groups in total. The van der Waals surface area contributed by atoms with E-state index in [0.717, 1.165) is 32.1 Å². The third-order valence-corrected chi connectivity index (χ3v) is 2.74. The summed E-state index contributed by atoms with van der Waals surface area (Å²) in [7, 11) is 0. The van der Waals surface area contributed by atoms with Crippen molar-refractivity contribution in [2.45, 2.75) is 51.6 Å². The number of carbonyl (C=O) groups excluding carboxylic acids is 1. The molecule has 0 heterocycles. The second kappa shape index (κ2) is 10.8. The van der Waals surface area contributed by atoms with Crippen molar-refractivity contribution in [3.8, 4) is 0 Å². The Morgan fingerprint density at radius 3 is 2.25 bits per heavy atom. The minimum atomic E-state index is -4.51. The molecule has 0 aromatic rings. The standard InChI is InChI=1S/C13H24F3NO3/c1-2-3-4-5-6-8-17(9-7-10-18)12(19)20-11-13(14,15)16/h18H,2-11H2,1H3.